The van der Waals surface area contributed by atoms with E-state index in [2.05, 4.69) is 15.9 Å². The standard InChI is InChI=1S/C24H22BrN3O5S/c25-20-10-12-21(13-11-20)34(32,33)28-15-14-27(16-22(28)23(29)26-31)24(30)19-8-6-18(7-9-19)17-4-2-1-3-5-17/h1-13,22,31H,14-16H2,(H,26,29). The minimum Gasteiger partial charge on any atom is -0.335 e. The third-order valence-electron chi connectivity index (χ3n) is 5.69. The smallest absolute Gasteiger partial charge is 0.263 e. The first-order valence-electron chi connectivity index (χ1n) is 10.5. The second-order valence-electron chi connectivity index (χ2n) is 7.76. The summed E-state index contributed by atoms with van der Waals surface area (Å²) in [7, 11) is -4.03. The Kier molecular flexibility index (Phi) is 7.13. The van der Waals surface area contributed by atoms with Crippen molar-refractivity contribution < 1.29 is 23.2 Å². The summed E-state index contributed by atoms with van der Waals surface area (Å²) in [6.07, 6.45) is 0. The second-order valence-corrected chi connectivity index (χ2v) is 10.6. The Bertz CT molecular complexity index is 1280. The highest BCUT2D eigenvalue weighted by atomic mass is 79.9. The van der Waals surface area contributed by atoms with E-state index < -0.39 is 22.0 Å². The molecule has 3 aromatic carbocycles. The van der Waals surface area contributed by atoms with Crippen molar-refractivity contribution in [2.75, 3.05) is 19.6 Å². The van der Waals surface area contributed by atoms with Gasteiger partial charge in [-0.3, -0.25) is 14.8 Å². The summed E-state index contributed by atoms with van der Waals surface area (Å²) in [5, 5.41) is 9.23. The summed E-state index contributed by atoms with van der Waals surface area (Å²) in [5.41, 5.74) is 3.93. The van der Waals surface area contributed by atoms with Crippen molar-refractivity contribution in [3.8, 4) is 11.1 Å². The Morgan fingerprint density at radius 2 is 1.50 bits per heavy atom. The molecule has 2 amide bonds. The maximum Gasteiger partial charge on any atom is 0.263 e. The van der Waals surface area contributed by atoms with Crippen LogP contribution in [0.15, 0.2) is 88.2 Å². The molecule has 0 spiro atoms. The summed E-state index contributed by atoms with van der Waals surface area (Å²) >= 11 is 3.27. The molecule has 10 heteroatoms. The zero-order valence-corrected chi connectivity index (χ0v) is 20.4. The molecule has 0 aliphatic carbocycles. The Morgan fingerprint density at radius 3 is 2.12 bits per heavy atom. The van der Waals surface area contributed by atoms with Crippen molar-refractivity contribution in [1.82, 2.24) is 14.7 Å². The van der Waals surface area contributed by atoms with E-state index in [1.54, 1.807) is 24.3 Å². The minimum absolute atomic E-state index is 0.0164. The monoisotopic (exact) mass is 543 g/mol. The zero-order valence-electron chi connectivity index (χ0n) is 18.0. The van der Waals surface area contributed by atoms with Gasteiger partial charge in [0, 0.05) is 29.7 Å². The number of carbonyl (C=O) groups is 2. The summed E-state index contributed by atoms with van der Waals surface area (Å²) in [4.78, 5) is 27.0. The zero-order chi connectivity index (χ0) is 24.3. The van der Waals surface area contributed by atoms with E-state index in [0.29, 0.717) is 10.0 Å². The molecule has 0 saturated carbocycles. The van der Waals surface area contributed by atoms with Gasteiger partial charge in [-0.2, -0.15) is 4.31 Å². The lowest BCUT2D eigenvalue weighted by Crippen LogP contribution is -2.61. The number of carbonyl (C=O) groups excluding carboxylic acids is 2. The summed E-state index contributed by atoms with van der Waals surface area (Å²) in [6.45, 7) is -0.185. The number of hydrogen-bond acceptors (Lipinski definition) is 5. The number of sulfonamides is 1. The molecule has 1 heterocycles. The lowest BCUT2D eigenvalue weighted by atomic mass is 10.0. The van der Waals surface area contributed by atoms with Crippen LogP contribution in [0, 0.1) is 0 Å². The normalized spacial score (nSPS) is 16.8. The van der Waals surface area contributed by atoms with Gasteiger partial charge < -0.3 is 4.90 Å². The number of piperazine rings is 1. The predicted octanol–water partition coefficient (Wildman–Crippen LogP) is 3.14. The van der Waals surface area contributed by atoms with Gasteiger partial charge in [-0.1, -0.05) is 58.4 Å². The first-order valence-corrected chi connectivity index (χ1v) is 12.7. The van der Waals surface area contributed by atoms with Crippen LogP contribution in [-0.4, -0.2) is 60.3 Å². The highest BCUT2D eigenvalue weighted by Crippen LogP contribution is 2.25. The van der Waals surface area contributed by atoms with Crippen molar-refractivity contribution >= 4 is 37.8 Å². The molecule has 1 saturated heterocycles. The molecule has 3 aromatic rings. The molecule has 0 aromatic heterocycles. The summed E-state index contributed by atoms with van der Waals surface area (Å²) < 4.78 is 28.1. The fraction of sp³-hybridized carbons (Fsp3) is 0.167. The van der Waals surface area contributed by atoms with Crippen molar-refractivity contribution in [2.45, 2.75) is 10.9 Å². The molecule has 1 fully saturated rings. The van der Waals surface area contributed by atoms with Gasteiger partial charge in [-0.25, -0.2) is 13.9 Å². The van der Waals surface area contributed by atoms with Gasteiger partial charge in [0.15, 0.2) is 0 Å². The number of benzene rings is 3. The van der Waals surface area contributed by atoms with Gasteiger partial charge in [0.25, 0.3) is 11.8 Å². The van der Waals surface area contributed by atoms with Gasteiger partial charge in [-0.05, 0) is 47.5 Å². The van der Waals surface area contributed by atoms with E-state index in [0.717, 1.165) is 15.4 Å². The molecule has 176 valence electrons. The fourth-order valence-corrected chi connectivity index (χ4v) is 5.72. The molecule has 1 aliphatic heterocycles. The second kappa shape index (κ2) is 10.1. The highest BCUT2D eigenvalue weighted by molar-refractivity contribution is 9.10. The lowest BCUT2D eigenvalue weighted by molar-refractivity contribution is -0.134. The van der Waals surface area contributed by atoms with Gasteiger partial charge in [0.05, 0.1) is 4.90 Å². The van der Waals surface area contributed by atoms with Gasteiger partial charge >= 0.3 is 0 Å². The number of rotatable bonds is 5. The van der Waals surface area contributed by atoms with Crippen LogP contribution in [0.3, 0.4) is 0 Å². The molecular weight excluding hydrogens is 522 g/mol. The van der Waals surface area contributed by atoms with Gasteiger partial charge in [-0.15, -0.1) is 0 Å². The van der Waals surface area contributed by atoms with Crippen molar-refractivity contribution in [3.05, 3.63) is 88.9 Å². The van der Waals surface area contributed by atoms with Crippen LogP contribution in [0.5, 0.6) is 0 Å². The fourth-order valence-electron chi connectivity index (χ4n) is 3.89. The van der Waals surface area contributed by atoms with Crippen molar-refractivity contribution in [2.24, 2.45) is 0 Å². The van der Waals surface area contributed by atoms with Crippen LogP contribution in [0.1, 0.15) is 10.4 Å². The first kappa shape index (κ1) is 24.1. The van der Waals surface area contributed by atoms with E-state index in [9.17, 15) is 23.2 Å². The average molecular weight is 544 g/mol. The third-order valence-corrected chi connectivity index (χ3v) is 8.14. The summed E-state index contributed by atoms with van der Waals surface area (Å²) in [6, 6.07) is 21.6. The van der Waals surface area contributed by atoms with Crippen LogP contribution < -0.4 is 5.48 Å². The van der Waals surface area contributed by atoms with Crippen LogP contribution in [0.25, 0.3) is 11.1 Å². The van der Waals surface area contributed by atoms with E-state index in [1.807, 2.05) is 42.5 Å². The molecule has 34 heavy (non-hydrogen) atoms. The third kappa shape index (κ3) is 4.90. The SMILES string of the molecule is O=C(NO)C1CN(C(=O)c2ccc(-c3ccccc3)cc2)CCN1S(=O)(=O)c1ccc(Br)cc1. The van der Waals surface area contributed by atoms with Crippen LogP contribution >= 0.6 is 15.9 Å². The predicted molar refractivity (Wildman–Crippen MR) is 130 cm³/mol. The number of nitrogens with zero attached hydrogens (tertiary/aromatic N) is 2. The Hall–Kier alpha value is -3.05. The van der Waals surface area contributed by atoms with E-state index in [-0.39, 0.29) is 30.4 Å². The van der Waals surface area contributed by atoms with Gasteiger partial charge in [0.2, 0.25) is 10.0 Å². The Balaban J connectivity index is 1.55. The maximum atomic E-state index is 13.2. The molecular formula is C24H22BrN3O5S. The van der Waals surface area contributed by atoms with Crippen LogP contribution in [-0.2, 0) is 14.8 Å². The Morgan fingerprint density at radius 1 is 0.882 bits per heavy atom. The quantitative estimate of drug-likeness (QED) is 0.379. The molecule has 4 rings (SSSR count). The molecule has 2 N–H and O–H groups in total. The molecule has 0 radical (unpaired) electrons. The minimum atomic E-state index is -4.03. The lowest BCUT2D eigenvalue weighted by Gasteiger charge is -2.39. The maximum absolute atomic E-state index is 13.2. The van der Waals surface area contributed by atoms with E-state index in [4.69, 9.17) is 0 Å². The van der Waals surface area contributed by atoms with Crippen molar-refractivity contribution in [3.63, 3.8) is 0 Å². The van der Waals surface area contributed by atoms with Crippen LogP contribution in [0.2, 0.25) is 0 Å². The molecule has 1 aliphatic rings. The van der Waals surface area contributed by atoms with Gasteiger partial charge in [0.1, 0.15) is 6.04 Å². The molecule has 1 atom stereocenters. The summed E-state index contributed by atoms with van der Waals surface area (Å²) in [5.74, 6) is -1.23. The molecule has 0 bridgehead atoms. The average Bonchev–Trinajstić information content (AvgIpc) is 2.88. The first-order chi connectivity index (χ1) is 16.3. The molecule has 8 nitrogen and oxygen atoms in total. The number of hydrogen-bond donors (Lipinski definition) is 2. The number of amides is 2. The van der Waals surface area contributed by atoms with Crippen LogP contribution in [0.4, 0.5) is 0 Å². The highest BCUT2D eigenvalue weighted by Gasteiger charge is 2.41. The number of nitrogens with one attached hydrogen (secondary N) is 1. The molecule has 1 unspecified atom stereocenters. The largest absolute Gasteiger partial charge is 0.335 e. The Labute approximate surface area is 205 Å². The number of hydroxylamine groups is 1. The van der Waals surface area contributed by atoms with E-state index in [1.165, 1.54) is 22.5 Å². The topological polar surface area (TPSA) is 107 Å². The van der Waals surface area contributed by atoms with E-state index >= 15 is 0 Å². The number of halogens is 1. The van der Waals surface area contributed by atoms with Crippen molar-refractivity contribution in [1.29, 1.82) is 0 Å².